The molecule has 1 rings (SSSR count). The Morgan fingerprint density at radius 3 is 2.31 bits per heavy atom. The van der Waals surface area contributed by atoms with Gasteiger partial charge in [-0.1, -0.05) is 30.3 Å². The zero-order chi connectivity index (χ0) is 12.2. The number of carbonyl (C=O) groups is 2. The van der Waals surface area contributed by atoms with Crippen molar-refractivity contribution in [3.05, 3.63) is 35.9 Å². The summed E-state index contributed by atoms with van der Waals surface area (Å²) in [5.41, 5.74) is -0.321. The zero-order valence-corrected chi connectivity index (χ0v) is 9.36. The number of hydrogen-bond acceptors (Lipinski definition) is 2. The smallest absolute Gasteiger partial charge is 0.304 e. The molecule has 0 aliphatic heterocycles. The van der Waals surface area contributed by atoms with Gasteiger partial charge in [0.2, 0.25) is 5.91 Å². The molecule has 0 unspecified atom stereocenters. The van der Waals surface area contributed by atoms with Crippen LogP contribution in [0.4, 0.5) is 0 Å². The fourth-order valence-electron chi connectivity index (χ4n) is 1.70. The summed E-state index contributed by atoms with van der Waals surface area (Å²) in [4.78, 5) is 22.6. The second kappa shape index (κ2) is 4.79. The minimum Gasteiger partial charge on any atom is -0.481 e. The van der Waals surface area contributed by atoms with E-state index in [9.17, 15) is 9.59 Å². The van der Waals surface area contributed by atoms with E-state index < -0.39 is 11.4 Å². The van der Waals surface area contributed by atoms with Gasteiger partial charge in [-0.3, -0.25) is 9.59 Å². The molecular formula is C12H15NO3. The first-order chi connectivity index (χ1) is 7.50. The molecule has 0 aliphatic rings. The highest BCUT2D eigenvalue weighted by Crippen LogP contribution is 2.27. The fourth-order valence-corrected chi connectivity index (χ4v) is 1.70. The first-order valence-electron chi connectivity index (χ1n) is 5.00. The van der Waals surface area contributed by atoms with Crippen molar-refractivity contribution in [3.8, 4) is 0 Å². The van der Waals surface area contributed by atoms with E-state index in [1.165, 1.54) is 7.05 Å². The van der Waals surface area contributed by atoms with Gasteiger partial charge >= 0.3 is 5.97 Å². The molecule has 86 valence electrons. The molecule has 1 aromatic rings. The quantitative estimate of drug-likeness (QED) is 0.802. The Morgan fingerprint density at radius 1 is 1.31 bits per heavy atom. The minimum atomic E-state index is -1.03. The third kappa shape index (κ3) is 2.39. The normalized spacial score (nSPS) is 13.9. The van der Waals surface area contributed by atoms with E-state index >= 15 is 0 Å². The first kappa shape index (κ1) is 12.2. The molecule has 1 amide bonds. The second-order valence-corrected chi connectivity index (χ2v) is 3.85. The molecule has 0 fully saturated rings. The predicted molar refractivity (Wildman–Crippen MR) is 60.1 cm³/mol. The lowest BCUT2D eigenvalue weighted by Gasteiger charge is -2.26. The molecule has 1 aromatic carbocycles. The van der Waals surface area contributed by atoms with Crippen molar-refractivity contribution in [1.82, 2.24) is 5.32 Å². The van der Waals surface area contributed by atoms with Crippen LogP contribution in [0.15, 0.2) is 30.3 Å². The predicted octanol–water partition coefficient (Wildman–Crippen LogP) is 1.16. The number of amides is 1. The molecule has 0 saturated heterocycles. The lowest BCUT2D eigenvalue weighted by molar-refractivity contribution is -0.141. The SMILES string of the molecule is CNC(=O)[C@@](C)(CC(=O)O)c1ccccc1. The average molecular weight is 221 g/mol. The second-order valence-electron chi connectivity index (χ2n) is 3.85. The third-order valence-electron chi connectivity index (χ3n) is 2.64. The van der Waals surface area contributed by atoms with Gasteiger partial charge in [0.05, 0.1) is 11.8 Å². The summed E-state index contributed by atoms with van der Waals surface area (Å²) in [5, 5.41) is 11.4. The lowest BCUT2D eigenvalue weighted by Crippen LogP contribution is -2.42. The number of nitrogens with one attached hydrogen (secondary N) is 1. The average Bonchev–Trinajstić information content (AvgIpc) is 2.28. The van der Waals surface area contributed by atoms with Crippen LogP contribution in [0.1, 0.15) is 18.9 Å². The summed E-state index contributed by atoms with van der Waals surface area (Å²) in [7, 11) is 1.51. The molecule has 1 atom stereocenters. The number of hydrogen-bond donors (Lipinski definition) is 2. The Bertz CT molecular complexity index is 389. The van der Waals surface area contributed by atoms with Crippen LogP contribution in [0.25, 0.3) is 0 Å². The largest absolute Gasteiger partial charge is 0.481 e. The Morgan fingerprint density at radius 2 is 1.88 bits per heavy atom. The molecule has 4 heteroatoms. The van der Waals surface area contributed by atoms with E-state index in [2.05, 4.69) is 5.32 Å². The van der Waals surface area contributed by atoms with Crippen LogP contribution < -0.4 is 5.32 Å². The molecule has 0 heterocycles. The van der Waals surface area contributed by atoms with E-state index in [-0.39, 0.29) is 12.3 Å². The number of carboxylic acids is 1. The molecule has 0 radical (unpaired) electrons. The molecule has 0 aliphatic carbocycles. The fraction of sp³-hybridized carbons (Fsp3) is 0.333. The number of benzene rings is 1. The van der Waals surface area contributed by atoms with Gasteiger partial charge in [0, 0.05) is 7.05 Å². The summed E-state index contributed by atoms with van der Waals surface area (Å²) in [5.74, 6) is -1.28. The third-order valence-corrected chi connectivity index (χ3v) is 2.64. The van der Waals surface area contributed by atoms with Crippen LogP contribution in [-0.2, 0) is 15.0 Å². The van der Waals surface area contributed by atoms with Crippen LogP contribution in [0, 0.1) is 0 Å². The van der Waals surface area contributed by atoms with Crippen molar-refractivity contribution in [1.29, 1.82) is 0 Å². The summed E-state index contributed by atoms with van der Waals surface area (Å²) in [6.45, 7) is 1.63. The van der Waals surface area contributed by atoms with Gasteiger partial charge in [-0.15, -0.1) is 0 Å². The maximum atomic E-state index is 11.8. The molecule has 0 aromatic heterocycles. The van der Waals surface area contributed by atoms with Crippen molar-refractivity contribution in [3.63, 3.8) is 0 Å². The topological polar surface area (TPSA) is 66.4 Å². The number of carboxylic acid groups (broad SMARTS) is 1. The van der Waals surface area contributed by atoms with Crippen LogP contribution >= 0.6 is 0 Å². The minimum absolute atomic E-state index is 0.226. The summed E-state index contributed by atoms with van der Waals surface area (Å²) < 4.78 is 0. The molecule has 16 heavy (non-hydrogen) atoms. The highest BCUT2D eigenvalue weighted by molar-refractivity contribution is 5.91. The summed E-state index contributed by atoms with van der Waals surface area (Å²) >= 11 is 0. The van der Waals surface area contributed by atoms with E-state index in [0.717, 1.165) is 0 Å². The maximum Gasteiger partial charge on any atom is 0.304 e. The summed E-state index contributed by atoms with van der Waals surface area (Å²) in [6, 6.07) is 8.93. The van der Waals surface area contributed by atoms with Crippen LogP contribution in [0.2, 0.25) is 0 Å². The molecular weight excluding hydrogens is 206 g/mol. The molecule has 0 spiro atoms. The van der Waals surface area contributed by atoms with Gasteiger partial charge in [-0.05, 0) is 12.5 Å². The maximum absolute atomic E-state index is 11.8. The van der Waals surface area contributed by atoms with E-state index in [0.29, 0.717) is 5.56 Å². The van der Waals surface area contributed by atoms with Crippen LogP contribution in [-0.4, -0.2) is 24.0 Å². The number of rotatable bonds is 4. The molecule has 0 bridgehead atoms. The van der Waals surface area contributed by atoms with Gasteiger partial charge in [0.25, 0.3) is 0 Å². The molecule has 0 saturated carbocycles. The Hall–Kier alpha value is -1.84. The Balaban J connectivity index is 3.14. The van der Waals surface area contributed by atoms with Gasteiger partial charge in [-0.2, -0.15) is 0 Å². The Kier molecular flexibility index (Phi) is 3.66. The van der Waals surface area contributed by atoms with Crippen LogP contribution in [0.3, 0.4) is 0 Å². The Labute approximate surface area is 94.3 Å². The van der Waals surface area contributed by atoms with Crippen molar-refractivity contribution in [2.45, 2.75) is 18.8 Å². The van der Waals surface area contributed by atoms with E-state index in [4.69, 9.17) is 5.11 Å². The van der Waals surface area contributed by atoms with Crippen LogP contribution in [0.5, 0.6) is 0 Å². The van der Waals surface area contributed by atoms with E-state index in [1.807, 2.05) is 6.07 Å². The van der Waals surface area contributed by atoms with Gasteiger partial charge in [0.1, 0.15) is 0 Å². The van der Waals surface area contributed by atoms with Crippen molar-refractivity contribution in [2.24, 2.45) is 0 Å². The van der Waals surface area contributed by atoms with Gasteiger partial charge in [-0.25, -0.2) is 0 Å². The first-order valence-corrected chi connectivity index (χ1v) is 5.00. The highest BCUT2D eigenvalue weighted by Gasteiger charge is 2.36. The number of carbonyl (C=O) groups excluding carboxylic acids is 1. The summed E-state index contributed by atoms with van der Waals surface area (Å²) in [6.07, 6.45) is -0.226. The standard InChI is InChI=1S/C12H15NO3/c1-12(8-10(14)15,11(16)13-2)9-6-4-3-5-7-9/h3-7H,8H2,1-2H3,(H,13,16)(H,14,15)/t12-/m0/s1. The highest BCUT2D eigenvalue weighted by atomic mass is 16.4. The monoisotopic (exact) mass is 221 g/mol. The van der Waals surface area contributed by atoms with Gasteiger partial charge < -0.3 is 10.4 Å². The molecule has 4 nitrogen and oxygen atoms in total. The molecule has 2 N–H and O–H groups in total. The van der Waals surface area contributed by atoms with Crippen molar-refractivity contribution < 1.29 is 14.7 Å². The van der Waals surface area contributed by atoms with Gasteiger partial charge in [0.15, 0.2) is 0 Å². The number of aliphatic carboxylic acids is 1. The lowest BCUT2D eigenvalue weighted by atomic mass is 9.78. The van der Waals surface area contributed by atoms with Crippen molar-refractivity contribution >= 4 is 11.9 Å². The van der Waals surface area contributed by atoms with E-state index in [1.54, 1.807) is 31.2 Å². The number of likely N-dealkylation sites (N-methyl/N-ethyl adjacent to an activating group) is 1. The van der Waals surface area contributed by atoms with Crippen molar-refractivity contribution in [2.75, 3.05) is 7.05 Å². The zero-order valence-electron chi connectivity index (χ0n) is 9.36.